The molecule has 0 spiro atoms. The number of phenols is 1. The van der Waals surface area contributed by atoms with Crippen LogP contribution < -0.4 is 5.32 Å². The quantitative estimate of drug-likeness (QED) is 0.838. The SMILES string of the molecule is CCN1CCC(C(C)NCCc2ccc(O)cc2)CC1. The van der Waals surface area contributed by atoms with E-state index in [9.17, 15) is 5.11 Å². The van der Waals surface area contributed by atoms with Crippen LogP contribution in [0.3, 0.4) is 0 Å². The van der Waals surface area contributed by atoms with Crippen LogP contribution in [-0.2, 0) is 6.42 Å². The highest BCUT2D eigenvalue weighted by Gasteiger charge is 2.22. The van der Waals surface area contributed by atoms with Gasteiger partial charge in [-0.25, -0.2) is 0 Å². The second-order valence-corrected chi connectivity index (χ2v) is 5.93. The topological polar surface area (TPSA) is 35.5 Å². The fourth-order valence-corrected chi connectivity index (χ4v) is 3.04. The average Bonchev–Trinajstić information content (AvgIpc) is 2.49. The molecule has 20 heavy (non-hydrogen) atoms. The third kappa shape index (κ3) is 4.50. The van der Waals surface area contributed by atoms with E-state index in [0.717, 1.165) is 18.9 Å². The van der Waals surface area contributed by atoms with E-state index in [-0.39, 0.29) is 0 Å². The van der Waals surface area contributed by atoms with Gasteiger partial charge in [0.15, 0.2) is 0 Å². The number of nitrogens with one attached hydrogen (secondary N) is 1. The highest BCUT2D eigenvalue weighted by atomic mass is 16.3. The predicted molar refractivity (Wildman–Crippen MR) is 84.1 cm³/mol. The first-order valence-corrected chi connectivity index (χ1v) is 7.92. The fraction of sp³-hybridized carbons (Fsp3) is 0.647. The second kappa shape index (κ2) is 7.65. The molecule has 1 fully saturated rings. The van der Waals surface area contributed by atoms with Crippen molar-refractivity contribution in [3.8, 4) is 5.75 Å². The van der Waals surface area contributed by atoms with Gasteiger partial charge < -0.3 is 15.3 Å². The molecule has 2 rings (SSSR count). The van der Waals surface area contributed by atoms with E-state index in [1.54, 1.807) is 12.1 Å². The minimum Gasteiger partial charge on any atom is -0.508 e. The predicted octanol–water partition coefficient (Wildman–Crippen LogP) is 2.64. The average molecular weight is 276 g/mol. The van der Waals surface area contributed by atoms with Crippen LogP contribution in [-0.4, -0.2) is 42.2 Å². The molecule has 0 saturated carbocycles. The van der Waals surface area contributed by atoms with Crippen molar-refractivity contribution < 1.29 is 5.11 Å². The van der Waals surface area contributed by atoms with E-state index in [0.29, 0.717) is 11.8 Å². The molecule has 0 amide bonds. The van der Waals surface area contributed by atoms with Gasteiger partial charge >= 0.3 is 0 Å². The molecule has 3 nitrogen and oxygen atoms in total. The van der Waals surface area contributed by atoms with E-state index in [4.69, 9.17) is 0 Å². The van der Waals surface area contributed by atoms with Gasteiger partial charge in [0.1, 0.15) is 5.75 Å². The summed E-state index contributed by atoms with van der Waals surface area (Å²) < 4.78 is 0. The highest BCUT2D eigenvalue weighted by molar-refractivity contribution is 5.25. The molecule has 0 bridgehead atoms. The van der Waals surface area contributed by atoms with Gasteiger partial charge in [0.05, 0.1) is 0 Å². The number of rotatable bonds is 6. The molecule has 1 atom stereocenters. The van der Waals surface area contributed by atoms with Crippen molar-refractivity contribution in [1.82, 2.24) is 10.2 Å². The van der Waals surface area contributed by atoms with E-state index in [2.05, 4.69) is 24.1 Å². The van der Waals surface area contributed by atoms with Gasteiger partial charge in [0.2, 0.25) is 0 Å². The summed E-state index contributed by atoms with van der Waals surface area (Å²) in [6.45, 7) is 9.29. The number of likely N-dealkylation sites (tertiary alicyclic amines) is 1. The van der Waals surface area contributed by atoms with Crippen LogP contribution >= 0.6 is 0 Å². The van der Waals surface area contributed by atoms with Crippen LogP contribution in [0.4, 0.5) is 0 Å². The summed E-state index contributed by atoms with van der Waals surface area (Å²) in [6, 6.07) is 8.13. The molecule has 112 valence electrons. The first-order chi connectivity index (χ1) is 9.69. The largest absolute Gasteiger partial charge is 0.508 e. The monoisotopic (exact) mass is 276 g/mol. The molecular weight excluding hydrogens is 248 g/mol. The summed E-state index contributed by atoms with van der Waals surface area (Å²) >= 11 is 0. The Bertz CT molecular complexity index is 382. The summed E-state index contributed by atoms with van der Waals surface area (Å²) in [5, 5.41) is 12.9. The van der Waals surface area contributed by atoms with Crippen molar-refractivity contribution in [2.24, 2.45) is 5.92 Å². The van der Waals surface area contributed by atoms with Gasteiger partial charge in [-0.15, -0.1) is 0 Å². The van der Waals surface area contributed by atoms with Crippen molar-refractivity contribution in [2.45, 2.75) is 39.2 Å². The number of phenolic OH excluding ortho intramolecular Hbond substituents is 1. The molecule has 0 aliphatic carbocycles. The van der Waals surface area contributed by atoms with E-state index < -0.39 is 0 Å². The van der Waals surface area contributed by atoms with Crippen LogP contribution in [0.25, 0.3) is 0 Å². The second-order valence-electron chi connectivity index (χ2n) is 5.93. The first kappa shape index (κ1) is 15.3. The maximum absolute atomic E-state index is 9.26. The molecular formula is C17H28N2O. The zero-order valence-corrected chi connectivity index (χ0v) is 12.8. The van der Waals surface area contributed by atoms with Crippen LogP contribution in [0.15, 0.2) is 24.3 Å². The zero-order valence-electron chi connectivity index (χ0n) is 12.8. The van der Waals surface area contributed by atoms with Gasteiger partial charge in [-0.3, -0.25) is 0 Å². The van der Waals surface area contributed by atoms with Crippen molar-refractivity contribution in [3.63, 3.8) is 0 Å². The Morgan fingerprint density at radius 2 is 1.90 bits per heavy atom. The van der Waals surface area contributed by atoms with Crippen molar-refractivity contribution >= 4 is 0 Å². The van der Waals surface area contributed by atoms with Gasteiger partial charge in [-0.1, -0.05) is 19.1 Å². The molecule has 1 saturated heterocycles. The summed E-state index contributed by atoms with van der Waals surface area (Å²) in [6.07, 6.45) is 3.67. The molecule has 1 aliphatic heterocycles. The standard InChI is InChI=1S/C17H28N2O/c1-3-19-12-9-16(10-13-19)14(2)18-11-8-15-4-6-17(20)7-5-15/h4-7,14,16,18,20H,3,8-13H2,1-2H3. The highest BCUT2D eigenvalue weighted by Crippen LogP contribution is 2.20. The maximum atomic E-state index is 9.26. The lowest BCUT2D eigenvalue weighted by Crippen LogP contribution is -2.42. The molecule has 3 heteroatoms. The lowest BCUT2D eigenvalue weighted by atomic mass is 9.90. The van der Waals surface area contributed by atoms with Crippen molar-refractivity contribution in [3.05, 3.63) is 29.8 Å². The van der Waals surface area contributed by atoms with Crippen LogP contribution in [0.1, 0.15) is 32.3 Å². The Morgan fingerprint density at radius 3 is 2.50 bits per heavy atom. The van der Waals surface area contributed by atoms with Crippen LogP contribution in [0.2, 0.25) is 0 Å². The van der Waals surface area contributed by atoms with Crippen molar-refractivity contribution in [1.29, 1.82) is 0 Å². The Morgan fingerprint density at radius 1 is 1.25 bits per heavy atom. The van der Waals surface area contributed by atoms with Gasteiger partial charge in [-0.2, -0.15) is 0 Å². The molecule has 1 aliphatic rings. The normalized spacial score (nSPS) is 19.1. The lowest BCUT2D eigenvalue weighted by molar-refractivity contribution is 0.169. The molecule has 1 aromatic carbocycles. The molecule has 1 heterocycles. The maximum Gasteiger partial charge on any atom is 0.115 e. The smallest absolute Gasteiger partial charge is 0.115 e. The number of nitrogens with zero attached hydrogens (tertiary/aromatic N) is 1. The summed E-state index contributed by atoms with van der Waals surface area (Å²) in [4.78, 5) is 2.54. The third-order valence-electron chi connectivity index (χ3n) is 4.60. The molecule has 0 aromatic heterocycles. The minimum absolute atomic E-state index is 0.345. The number of hydrogen-bond acceptors (Lipinski definition) is 3. The Kier molecular flexibility index (Phi) is 5.86. The van der Waals surface area contributed by atoms with Crippen LogP contribution in [0.5, 0.6) is 5.75 Å². The lowest BCUT2D eigenvalue weighted by Gasteiger charge is -2.34. The summed E-state index contributed by atoms with van der Waals surface area (Å²) in [7, 11) is 0. The van der Waals surface area contributed by atoms with E-state index in [1.165, 1.54) is 38.0 Å². The molecule has 1 aromatic rings. The third-order valence-corrected chi connectivity index (χ3v) is 4.60. The Hall–Kier alpha value is -1.06. The Balaban J connectivity index is 1.67. The Labute approximate surface area is 123 Å². The van der Waals surface area contributed by atoms with Crippen LogP contribution in [0, 0.1) is 5.92 Å². The summed E-state index contributed by atoms with van der Waals surface area (Å²) in [5.74, 6) is 1.16. The van der Waals surface area contributed by atoms with Gasteiger partial charge in [0.25, 0.3) is 0 Å². The number of benzene rings is 1. The van der Waals surface area contributed by atoms with Gasteiger partial charge in [-0.05, 0) is 76.0 Å². The molecule has 2 N–H and O–H groups in total. The van der Waals surface area contributed by atoms with E-state index in [1.807, 2.05) is 12.1 Å². The number of aromatic hydroxyl groups is 1. The summed E-state index contributed by atoms with van der Waals surface area (Å²) in [5.41, 5.74) is 1.28. The number of piperidine rings is 1. The fourth-order valence-electron chi connectivity index (χ4n) is 3.04. The first-order valence-electron chi connectivity index (χ1n) is 7.92. The van der Waals surface area contributed by atoms with Gasteiger partial charge in [0, 0.05) is 6.04 Å². The number of hydrogen-bond donors (Lipinski definition) is 2. The molecule has 1 unspecified atom stereocenters. The van der Waals surface area contributed by atoms with E-state index >= 15 is 0 Å². The molecule has 0 radical (unpaired) electrons. The zero-order chi connectivity index (χ0) is 14.4. The van der Waals surface area contributed by atoms with Crippen molar-refractivity contribution in [2.75, 3.05) is 26.2 Å². The minimum atomic E-state index is 0.345.